The van der Waals surface area contributed by atoms with Crippen LogP contribution in [0.15, 0.2) is 0 Å². The Kier molecular flexibility index (Phi) is 9.20. The zero-order valence-electron chi connectivity index (χ0n) is 21.8. The summed E-state index contributed by atoms with van der Waals surface area (Å²) < 4.78 is 23.1. The number of carbonyl (C=O) groups excluding carboxylic acids is 1. The minimum Gasteiger partial charge on any atom is -0.393 e. The molecule has 0 spiro atoms. The smallest absolute Gasteiger partial charge is 0.230 e. The topological polar surface area (TPSA) is 110 Å². The zero-order valence-corrected chi connectivity index (χ0v) is 21.8. The molecular formula is C27H46N2O7. The fourth-order valence-electron chi connectivity index (χ4n) is 6.90. The van der Waals surface area contributed by atoms with Crippen molar-refractivity contribution in [2.24, 2.45) is 23.7 Å². The van der Waals surface area contributed by atoms with Gasteiger partial charge in [0, 0.05) is 58.3 Å². The van der Waals surface area contributed by atoms with E-state index in [1.165, 1.54) is 12.8 Å². The van der Waals surface area contributed by atoms with Crippen molar-refractivity contribution in [2.75, 3.05) is 53.2 Å². The third kappa shape index (κ3) is 6.60. The average Bonchev–Trinajstić information content (AvgIpc) is 3.55. The highest BCUT2D eigenvalue weighted by atomic mass is 16.5. The Labute approximate surface area is 215 Å². The van der Waals surface area contributed by atoms with Gasteiger partial charge in [0.25, 0.3) is 0 Å². The van der Waals surface area contributed by atoms with Crippen molar-refractivity contribution >= 4 is 5.91 Å². The molecule has 9 heteroatoms. The third-order valence-electron chi connectivity index (χ3n) is 9.10. The molecule has 206 valence electrons. The van der Waals surface area contributed by atoms with Crippen LogP contribution in [0.5, 0.6) is 0 Å². The van der Waals surface area contributed by atoms with Crippen molar-refractivity contribution in [1.82, 2.24) is 10.2 Å². The molecular weight excluding hydrogens is 464 g/mol. The molecule has 3 saturated carbocycles. The lowest BCUT2D eigenvalue weighted by Gasteiger charge is -2.49. The summed E-state index contributed by atoms with van der Waals surface area (Å²) in [6, 6.07) is 0.611. The largest absolute Gasteiger partial charge is 0.393 e. The Balaban J connectivity index is 1.25. The summed E-state index contributed by atoms with van der Waals surface area (Å²) in [6.07, 6.45) is 5.21. The second-order valence-corrected chi connectivity index (χ2v) is 11.8. The van der Waals surface area contributed by atoms with E-state index in [1.54, 1.807) is 7.11 Å². The lowest BCUT2D eigenvalue weighted by molar-refractivity contribution is -0.161. The number of aliphatic hydroxyl groups is 2. The summed E-state index contributed by atoms with van der Waals surface area (Å²) >= 11 is 0. The van der Waals surface area contributed by atoms with Crippen LogP contribution in [0, 0.1) is 23.7 Å². The lowest BCUT2D eigenvalue weighted by Crippen LogP contribution is -2.60. The molecule has 9 atom stereocenters. The van der Waals surface area contributed by atoms with Gasteiger partial charge in [0.1, 0.15) is 0 Å². The molecule has 0 aromatic heterocycles. The fourth-order valence-corrected chi connectivity index (χ4v) is 6.90. The number of nitrogens with one attached hydrogen (secondary N) is 1. The van der Waals surface area contributed by atoms with Crippen LogP contribution in [0.3, 0.4) is 0 Å². The van der Waals surface area contributed by atoms with Crippen LogP contribution >= 0.6 is 0 Å². The molecule has 0 bridgehead atoms. The molecule has 3 N–H and O–H groups in total. The molecule has 3 aliphatic carbocycles. The summed E-state index contributed by atoms with van der Waals surface area (Å²) in [5.74, 6) is 0.820. The number of likely N-dealkylation sites (tertiary alicyclic amines) is 1. The van der Waals surface area contributed by atoms with E-state index < -0.39 is 24.2 Å². The molecule has 2 heterocycles. The highest BCUT2D eigenvalue weighted by molar-refractivity contribution is 5.80. The van der Waals surface area contributed by atoms with E-state index in [4.69, 9.17) is 18.9 Å². The van der Waals surface area contributed by atoms with E-state index in [0.717, 1.165) is 38.9 Å². The van der Waals surface area contributed by atoms with E-state index in [-0.39, 0.29) is 24.5 Å². The number of rotatable bonds is 10. The van der Waals surface area contributed by atoms with Gasteiger partial charge in [0.05, 0.1) is 50.2 Å². The van der Waals surface area contributed by atoms with Crippen molar-refractivity contribution in [2.45, 2.75) is 87.9 Å². The van der Waals surface area contributed by atoms with Crippen LogP contribution in [0.25, 0.3) is 0 Å². The van der Waals surface area contributed by atoms with Crippen LogP contribution in [0.4, 0.5) is 0 Å². The fraction of sp³-hybridized carbons (Fsp3) is 0.963. The molecule has 5 rings (SSSR count). The highest BCUT2D eigenvalue weighted by Crippen LogP contribution is 2.40. The van der Waals surface area contributed by atoms with Gasteiger partial charge < -0.3 is 39.4 Å². The van der Waals surface area contributed by atoms with E-state index in [1.807, 2.05) is 4.90 Å². The van der Waals surface area contributed by atoms with Crippen molar-refractivity contribution in [1.29, 1.82) is 0 Å². The summed E-state index contributed by atoms with van der Waals surface area (Å²) in [4.78, 5) is 15.8. The molecule has 2 saturated heterocycles. The first-order chi connectivity index (χ1) is 17.5. The average molecular weight is 511 g/mol. The van der Waals surface area contributed by atoms with Crippen LogP contribution in [-0.4, -0.2) is 111 Å². The predicted molar refractivity (Wildman–Crippen MR) is 132 cm³/mol. The van der Waals surface area contributed by atoms with E-state index in [2.05, 4.69) is 5.32 Å². The number of piperidine rings is 1. The molecule has 0 aromatic carbocycles. The van der Waals surface area contributed by atoms with Crippen LogP contribution in [-0.2, 0) is 23.7 Å². The van der Waals surface area contributed by atoms with Gasteiger partial charge in [0.15, 0.2) is 0 Å². The summed E-state index contributed by atoms with van der Waals surface area (Å²) in [7, 11) is 1.70. The first-order valence-corrected chi connectivity index (χ1v) is 14.2. The maximum Gasteiger partial charge on any atom is 0.230 e. The van der Waals surface area contributed by atoms with Gasteiger partial charge in [-0.2, -0.15) is 0 Å². The van der Waals surface area contributed by atoms with Crippen molar-refractivity contribution in [3.8, 4) is 0 Å². The molecule has 2 aliphatic heterocycles. The standard InChI is InChI=1S/C27H46N2O7/c1-33-8-9-35-21-10-18-4-6-29(14-22(18)23(13-21)28-19-5-7-34-16-19)27(32)26-24(31)11-20(30)12-25(26)36-15-17-2-3-17/h17-26,28,30-31H,2-16H2,1H3/t18?,19-,20?,21?,22?,23?,24?,25?,26?/m1/s1. The Morgan fingerprint density at radius 3 is 2.67 bits per heavy atom. The number of hydrogen-bond donors (Lipinski definition) is 3. The SMILES string of the molecule is COCCOC1CC2CCN(C(=O)C3C(O)CC(O)CC3OCC3CC3)CC2C(N[C@@H]2CCOC2)C1. The van der Waals surface area contributed by atoms with Gasteiger partial charge in [-0.05, 0) is 56.3 Å². The normalized spacial score (nSPS) is 41.3. The number of ether oxygens (including phenoxy) is 4. The number of carbonyl (C=O) groups is 1. The van der Waals surface area contributed by atoms with Gasteiger partial charge in [-0.25, -0.2) is 0 Å². The van der Waals surface area contributed by atoms with Crippen LogP contribution in [0.1, 0.15) is 51.4 Å². The third-order valence-corrected chi connectivity index (χ3v) is 9.10. The lowest BCUT2D eigenvalue weighted by atomic mass is 9.70. The van der Waals surface area contributed by atoms with Crippen molar-refractivity contribution in [3.63, 3.8) is 0 Å². The summed E-state index contributed by atoms with van der Waals surface area (Å²) in [5, 5.41) is 25.0. The first-order valence-electron chi connectivity index (χ1n) is 14.2. The Hall–Kier alpha value is -0.810. The predicted octanol–water partition coefficient (Wildman–Crippen LogP) is 0.951. The number of aliphatic hydroxyl groups excluding tert-OH is 2. The maximum atomic E-state index is 13.8. The quantitative estimate of drug-likeness (QED) is 0.373. The van der Waals surface area contributed by atoms with Gasteiger partial charge in [-0.1, -0.05) is 0 Å². The molecule has 5 fully saturated rings. The molecule has 8 unspecified atom stereocenters. The Morgan fingerprint density at radius 2 is 1.92 bits per heavy atom. The van der Waals surface area contributed by atoms with Crippen LogP contribution in [0.2, 0.25) is 0 Å². The number of nitrogens with zero attached hydrogens (tertiary/aromatic N) is 1. The minimum atomic E-state index is -0.863. The van der Waals surface area contributed by atoms with Crippen molar-refractivity contribution < 1.29 is 34.0 Å². The molecule has 1 amide bonds. The minimum absolute atomic E-state index is 0.00457. The van der Waals surface area contributed by atoms with Gasteiger partial charge >= 0.3 is 0 Å². The second kappa shape index (κ2) is 12.4. The van der Waals surface area contributed by atoms with Crippen LogP contribution < -0.4 is 5.32 Å². The Morgan fingerprint density at radius 1 is 1.06 bits per heavy atom. The number of methoxy groups -OCH3 is 1. The summed E-state index contributed by atoms with van der Waals surface area (Å²) in [6.45, 7) is 4.76. The Bertz CT molecular complexity index is 716. The second-order valence-electron chi connectivity index (χ2n) is 11.8. The molecule has 36 heavy (non-hydrogen) atoms. The van der Waals surface area contributed by atoms with E-state index >= 15 is 0 Å². The number of hydrogen-bond acceptors (Lipinski definition) is 8. The molecule has 0 aromatic rings. The van der Waals surface area contributed by atoms with Gasteiger partial charge in [-0.15, -0.1) is 0 Å². The van der Waals surface area contributed by atoms with Gasteiger partial charge in [-0.3, -0.25) is 4.79 Å². The molecule has 9 nitrogen and oxygen atoms in total. The maximum absolute atomic E-state index is 13.8. The number of amides is 1. The highest BCUT2D eigenvalue weighted by Gasteiger charge is 2.48. The monoisotopic (exact) mass is 510 g/mol. The molecule has 0 radical (unpaired) electrons. The van der Waals surface area contributed by atoms with E-state index in [0.29, 0.717) is 63.1 Å². The van der Waals surface area contributed by atoms with Gasteiger partial charge in [0.2, 0.25) is 5.91 Å². The zero-order chi connectivity index (χ0) is 25.1. The molecule has 5 aliphatic rings. The number of fused-ring (bicyclic) bond motifs is 1. The van der Waals surface area contributed by atoms with E-state index in [9.17, 15) is 15.0 Å². The summed E-state index contributed by atoms with van der Waals surface area (Å²) in [5.41, 5.74) is 0. The first kappa shape index (κ1) is 26.8. The van der Waals surface area contributed by atoms with Crippen molar-refractivity contribution in [3.05, 3.63) is 0 Å².